The number of halogens is 4. The number of aromatic nitrogens is 4. The van der Waals surface area contributed by atoms with E-state index in [1.54, 1.807) is 6.92 Å². The Kier molecular flexibility index (Phi) is 4.49. The van der Waals surface area contributed by atoms with Crippen LogP contribution in [0.1, 0.15) is 28.8 Å². The lowest BCUT2D eigenvalue weighted by atomic mass is 9.91. The minimum Gasteiger partial charge on any atom is -0.478 e. The second-order valence-electron chi connectivity index (χ2n) is 9.22. The van der Waals surface area contributed by atoms with Crippen molar-refractivity contribution < 1.29 is 36.6 Å². The van der Waals surface area contributed by atoms with Crippen molar-refractivity contribution in [3.05, 3.63) is 63.8 Å². The number of fused-ring (bicyclic) bond motifs is 4. The van der Waals surface area contributed by atoms with E-state index in [4.69, 9.17) is 4.74 Å². The van der Waals surface area contributed by atoms with Gasteiger partial charge in [-0.1, -0.05) is 0 Å². The molecule has 14 heteroatoms. The summed E-state index contributed by atoms with van der Waals surface area (Å²) < 4.78 is 64.6. The highest BCUT2D eigenvalue weighted by atomic mass is 19.4. The molecule has 1 aromatic carbocycles. The average molecular weight is 519 g/mol. The number of alkyl halides is 3. The number of benzene rings is 1. The number of ketones is 1. The predicted octanol–water partition coefficient (Wildman–Crippen LogP) is 1.90. The van der Waals surface area contributed by atoms with E-state index >= 15 is 0 Å². The van der Waals surface area contributed by atoms with Gasteiger partial charge in [-0.2, -0.15) is 5.10 Å². The second kappa shape index (κ2) is 7.17. The highest BCUT2D eigenvalue weighted by Gasteiger charge is 2.82. The molecule has 1 aliphatic carbocycles. The van der Waals surface area contributed by atoms with Crippen molar-refractivity contribution in [3.63, 3.8) is 0 Å². The number of aryl methyl sites for hydroxylation is 1. The lowest BCUT2D eigenvalue weighted by molar-refractivity contribution is -0.275. The zero-order chi connectivity index (χ0) is 26.5. The summed E-state index contributed by atoms with van der Waals surface area (Å²) in [6.07, 6.45) is -3.77. The van der Waals surface area contributed by atoms with E-state index < -0.39 is 46.2 Å². The summed E-state index contributed by atoms with van der Waals surface area (Å²) in [5.74, 6) is -3.04. The molecule has 0 bridgehead atoms. The van der Waals surface area contributed by atoms with E-state index in [1.807, 2.05) is 0 Å². The number of pyridine rings is 1. The molecule has 2 atom stereocenters. The van der Waals surface area contributed by atoms with Gasteiger partial charge >= 0.3 is 6.36 Å². The smallest absolute Gasteiger partial charge is 0.478 e. The Morgan fingerprint density at radius 1 is 1.16 bits per heavy atom. The molecule has 1 amide bonds. The van der Waals surface area contributed by atoms with Gasteiger partial charge in [-0.15, -0.1) is 13.2 Å². The van der Waals surface area contributed by atoms with E-state index in [-0.39, 0.29) is 42.3 Å². The molecule has 192 valence electrons. The maximum Gasteiger partial charge on any atom is 0.573 e. The fraction of sp³-hybridized carbons (Fsp3) is 0.348. The summed E-state index contributed by atoms with van der Waals surface area (Å²) in [5, 5.41) is 4.12. The predicted molar refractivity (Wildman–Crippen MR) is 115 cm³/mol. The number of Topliss-reactive ketones (excluding diaryl/α,β-unsaturated/α-hetero) is 1. The first kappa shape index (κ1) is 23.2. The van der Waals surface area contributed by atoms with Gasteiger partial charge in [0, 0.05) is 31.3 Å². The van der Waals surface area contributed by atoms with Gasteiger partial charge in [0.2, 0.25) is 0 Å². The number of carbonyl (C=O) groups excluding carboxylic acids is 2. The van der Waals surface area contributed by atoms with Crippen LogP contribution in [0.5, 0.6) is 11.5 Å². The van der Waals surface area contributed by atoms with Crippen molar-refractivity contribution in [2.45, 2.75) is 37.8 Å². The molecule has 0 N–H and O–H groups in total. The Morgan fingerprint density at radius 3 is 2.59 bits per heavy atom. The van der Waals surface area contributed by atoms with E-state index in [9.17, 15) is 31.9 Å². The highest BCUT2D eigenvalue weighted by molar-refractivity contribution is 6.19. The van der Waals surface area contributed by atoms with Gasteiger partial charge < -0.3 is 18.9 Å². The van der Waals surface area contributed by atoms with Crippen LogP contribution in [0.4, 0.5) is 17.6 Å². The molecule has 1 fully saturated rings. The third-order valence-electron chi connectivity index (χ3n) is 7.14. The van der Waals surface area contributed by atoms with Crippen LogP contribution in [-0.2, 0) is 16.8 Å². The van der Waals surface area contributed by atoms with Gasteiger partial charge in [-0.05, 0) is 32.0 Å². The van der Waals surface area contributed by atoms with Gasteiger partial charge in [0.1, 0.15) is 34.7 Å². The van der Waals surface area contributed by atoms with Crippen LogP contribution in [0.2, 0.25) is 0 Å². The van der Waals surface area contributed by atoms with Gasteiger partial charge in [0.15, 0.2) is 23.0 Å². The Hall–Kier alpha value is -4.23. The zero-order valence-electron chi connectivity index (χ0n) is 19.3. The minimum absolute atomic E-state index is 0.00770. The van der Waals surface area contributed by atoms with Crippen LogP contribution < -0.4 is 15.0 Å². The third kappa shape index (κ3) is 3.13. The SMILES string of the molecule is Cc1ncn(-c2ccc3n(c2=O)CCN(C[C@]24C(=O)[C@@]2(C)Oc2cc(F)c(OC(F)(F)F)cc24)C3=O)n1. The maximum atomic E-state index is 14.2. The quantitative estimate of drug-likeness (QED) is 0.485. The van der Waals surface area contributed by atoms with Crippen molar-refractivity contribution in [3.8, 4) is 17.2 Å². The molecular weight excluding hydrogens is 502 g/mol. The number of hydrogen-bond donors (Lipinski definition) is 0. The maximum absolute atomic E-state index is 14.2. The summed E-state index contributed by atoms with van der Waals surface area (Å²) in [6.45, 7) is 3.01. The topological polar surface area (TPSA) is 109 Å². The Balaban J connectivity index is 1.34. The largest absolute Gasteiger partial charge is 0.573 e. The molecule has 6 rings (SSSR count). The molecule has 10 nitrogen and oxygen atoms in total. The van der Waals surface area contributed by atoms with Crippen molar-refractivity contribution in [2.24, 2.45) is 0 Å². The average Bonchev–Trinajstić information content (AvgIpc) is 3.11. The number of amides is 1. The second-order valence-corrected chi connectivity index (χ2v) is 9.22. The molecule has 2 aliphatic heterocycles. The summed E-state index contributed by atoms with van der Waals surface area (Å²) in [6, 6.07) is 4.43. The van der Waals surface area contributed by atoms with Gasteiger partial charge in [-0.25, -0.2) is 14.1 Å². The van der Waals surface area contributed by atoms with Crippen molar-refractivity contribution >= 4 is 11.7 Å². The van der Waals surface area contributed by atoms with Gasteiger partial charge in [0.25, 0.3) is 11.5 Å². The molecule has 3 aliphatic rings. The van der Waals surface area contributed by atoms with Crippen LogP contribution in [-0.4, -0.2) is 61.0 Å². The Labute approximate surface area is 205 Å². The molecule has 0 radical (unpaired) electrons. The van der Waals surface area contributed by atoms with Crippen LogP contribution in [0.3, 0.4) is 0 Å². The van der Waals surface area contributed by atoms with Gasteiger partial charge in [0.05, 0.1) is 0 Å². The lowest BCUT2D eigenvalue weighted by Gasteiger charge is -2.32. The summed E-state index contributed by atoms with van der Waals surface area (Å²) in [4.78, 5) is 44.7. The molecule has 0 unspecified atom stereocenters. The fourth-order valence-corrected chi connectivity index (χ4v) is 5.26. The summed E-state index contributed by atoms with van der Waals surface area (Å²) >= 11 is 0. The Morgan fingerprint density at radius 2 is 1.92 bits per heavy atom. The normalized spacial score (nSPS) is 23.9. The van der Waals surface area contributed by atoms with Crippen LogP contribution in [0.25, 0.3) is 5.69 Å². The Bertz CT molecular complexity index is 1580. The van der Waals surface area contributed by atoms with Crippen molar-refractivity contribution in [1.82, 2.24) is 24.2 Å². The summed E-state index contributed by atoms with van der Waals surface area (Å²) in [5.41, 5.74) is -3.16. The van der Waals surface area contributed by atoms with E-state index in [1.165, 1.54) is 39.5 Å². The molecule has 0 spiro atoms. The molecule has 3 aromatic rings. The van der Waals surface area contributed by atoms with Crippen LogP contribution in [0, 0.1) is 12.7 Å². The van der Waals surface area contributed by atoms with Gasteiger partial charge in [-0.3, -0.25) is 14.4 Å². The number of hydrogen-bond acceptors (Lipinski definition) is 7. The number of rotatable bonds is 4. The molecular formula is C23H17F4N5O5. The number of carbonyl (C=O) groups is 2. The first-order chi connectivity index (χ1) is 17.4. The first-order valence-electron chi connectivity index (χ1n) is 11.1. The molecule has 1 saturated carbocycles. The highest BCUT2D eigenvalue weighted by Crippen LogP contribution is 2.64. The lowest BCUT2D eigenvalue weighted by Crippen LogP contribution is -2.48. The van der Waals surface area contributed by atoms with E-state index in [0.29, 0.717) is 5.82 Å². The standard InChI is InChI=1S/C23H17F4N5O5/c1-11-28-10-32(29-11)15-4-3-14-18(33)30(5-6-31(14)19(15)34)9-22-12-7-17(37-23(25,26)27)13(24)8-16(12)36-21(22,2)20(22)35/h3-4,7-8,10H,5-6,9H2,1-2H3/t21-,22+/m1/s1. The summed E-state index contributed by atoms with van der Waals surface area (Å²) in [7, 11) is 0. The third-order valence-corrected chi connectivity index (χ3v) is 7.14. The number of nitrogens with zero attached hydrogens (tertiary/aromatic N) is 5. The van der Waals surface area contributed by atoms with Crippen LogP contribution >= 0.6 is 0 Å². The molecule has 2 aromatic heterocycles. The van der Waals surface area contributed by atoms with E-state index in [0.717, 1.165) is 12.1 Å². The van der Waals surface area contributed by atoms with E-state index in [2.05, 4.69) is 14.8 Å². The van der Waals surface area contributed by atoms with Crippen LogP contribution in [0.15, 0.2) is 35.4 Å². The fourth-order valence-electron chi connectivity index (χ4n) is 5.26. The first-order valence-corrected chi connectivity index (χ1v) is 11.1. The molecule has 0 saturated heterocycles. The zero-order valence-corrected chi connectivity index (χ0v) is 19.3. The molecule has 4 heterocycles. The monoisotopic (exact) mass is 519 g/mol. The van der Waals surface area contributed by atoms with Crippen molar-refractivity contribution in [1.29, 1.82) is 0 Å². The molecule has 37 heavy (non-hydrogen) atoms. The minimum atomic E-state index is -5.15. The van der Waals surface area contributed by atoms with Crippen molar-refractivity contribution in [2.75, 3.05) is 13.1 Å². The number of ether oxygens (including phenoxy) is 2.